The van der Waals surface area contributed by atoms with Gasteiger partial charge in [0.15, 0.2) is 11.6 Å². The van der Waals surface area contributed by atoms with Crippen molar-refractivity contribution < 1.29 is 19.0 Å². The summed E-state index contributed by atoms with van der Waals surface area (Å²) in [5, 5.41) is 9.04. The van der Waals surface area contributed by atoms with Crippen LogP contribution in [0.25, 0.3) is 0 Å². The molecule has 1 aliphatic rings. The molecular weight excluding hydrogens is 251 g/mol. The van der Waals surface area contributed by atoms with Gasteiger partial charge in [-0.25, -0.2) is 4.39 Å². The van der Waals surface area contributed by atoms with Crippen LogP contribution in [0.2, 0.25) is 0 Å². The second kappa shape index (κ2) is 5.14. The first-order chi connectivity index (χ1) is 8.94. The van der Waals surface area contributed by atoms with Gasteiger partial charge in [0.2, 0.25) is 0 Å². The van der Waals surface area contributed by atoms with E-state index in [1.165, 1.54) is 13.2 Å². The molecule has 5 nitrogen and oxygen atoms in total. The van der Waals surface area contributed by atoms with Gasteiger partial charge in [0, 0.05) is 19.6 Å². The van der Waals surface area contributed by atoms with E-state index in [-0.39, 0.29) is 12.3 Å². The molecule has 0 radical (unpaired) electrons. The molecule has 1 heterocycles. The zero-order valence-electron chi connectivity index (χ0n) is 10.7. The second-order valence-corrected chi connectivity index (χ2v) is 4.89. The quantitative estimate of drug-likeness (QED) is 0.845. The summed E-state index contributed by atoms with van der Waals surface area (Å²) in [6, 6.07) is 4.73. The largest absolute Gasteiger partial charge is 0.494 e. The molecule has 1 aromatic rings. The SMILES string of the molecule is COc1ccc(CN2CCC(N)(C(=O)O)C2)cc1F. The molecule has 3 N–H and O–H groups in total. The van der Waals surface area contributed by atoms with E-state index in [1.54, 1.807) is 12.1 Å². The van der Waals surface area contributed by atoms with Crippen molar-refractivity contribution in [1.29, 1.82) is 0 Å². The molecule has 104 valence electrons. The molecule has 0 amide bonds. The first kappa shape index (κ1) is 13.8. The van der Waals surface area contributed by atoms with Crippen LogP contribution in [0.4, 0.5) is 4.39 Å². The van der Waals surface area contributed by atoms with Crippen LogP contribution in [-0.4, -0.2) is 41.7 Å². The molecule has 2 rings (SSSR count). The minimum absolute atomic E-state index is 0.198. The van der Waals surface area contributed by atoms with Crippen LogP contribution < -0.4 is 10.5 Å². The van der Waals surface area contributed by atoms with Gasteiger partial charge in [-0.1, -0.05) is 6.07 Å². The van der Waals surface area contributed by atoms with E-state index in [0.29, 0.717) is 19.5 Å². The number of carboxylic acid groups (broad SMARTS) is 1. The highest BCUT2D eigenvalue weighted by atomic mass is 19.1. The molecular formula is C13H17FN2O3. The Kier molecular flexibility index (Phi) is 3.73. The minimum Gasteiger partial charge on any atom is -0.494 e. The zero-order valence-corrected chi connectivity index (χ0v) is 10.7. The summed E-state index contributed by atoms with van der Waals surface area (Å²) in [7, 11) is 1.41. The number of carbonyl (C=O) groups is 1. The summed E-state index contributed by atoms with van der Waals surface area (Å²) in [5.41, 5.74) is 5.37. The minimum atomic E-state index is -1.19. The van der Waals surface area contributed by atoms with E-state index in [4.69, 9.17) is 15.6 Å². The fourth-order valence-corrected chi connectivity index (χ4v) is 2.29. The van der Waals surface area contributed by atoms with Gasteiger partial charge < -0.3 is 15.6 Å². The summed E-state index contributed by atoms with van der Waals surface area (Å²) in [4.78, 5) is 12.9. The standard InChI is InChI=1S/C13H17FN2O3/c1-19-11-3-2-9(6-10(11)14)7-16-5-4-13(15,8-16)12(17)18/h2-3,6H,4-5,7-8,15H2,1H3,(H,17,18). The van der Waals surface area contributed by atoms with E-state index < -0.39 is 17.3 Å². The molecule has 0 aromatic heterocycles. The Bertz CT molecular complexity index is 495. The Morgan fingerprint density at radius 3 is 2.89 bits per heavy atom. The third-order valence-corrected chi connectivity index (χ3v) is 3.43. The molecule has 1 atom stereocenters. The number of benzene rings is 1. The van der Waals surface area contributed by atoms with Gasteiger partial charge in [-0.3, -0.25) is 9.69 Å². The Morgan fingerprint density at radius 1 is 1.63 bits per heavy atom. The second-order valence-electron chi connectivity index (χ2n) is 4.89. The van der Waals surface area contributed by atoms with Crippen LogP contribution in [0.3, 0.4) is 0 Å². The molecule has 0 saturated carbocycles. The van der Waals surface area contributed by atoms with Gasteiger partial charge in [-0.2, -0.15) is 0 Å². The van der Waals surface area contributed by atoms with E-state index in [2.05, 4.69) is 0 Å². The number of rotatable bonds is 4. The van der Waals surface area contributed by atoms with Crippen molar-refractivity contribution in [3.63, 3.8) is 0 Å². The predicted octanol–water partition coefficient (Wildman–Crippen LogP) is 0.822. The lowest BCUT2D eigenvalue weighted by molar-refractivity contribution is -0.142. The van der Waals surface area contributed by atoms with E-state index >= 15 is 0 Å². The van der Waals surface area contributed by atoms with Crippen molar-refractivity contribution in [3.8, 4) is 5.75 Å². The summed E-state index contributed by atoms with van der Waals surface area (Å²) < 4.78 is 18.4. The number of nitrogens with zero attached hydrogens (tertiary/aromatic N) is 1. The van der Waals surface area contributed by atoms with E-state index in [0.717, 1.165) is 5.56 Å². The highest BCUT2D eigenvalue weighted by Crippen LogP contribution is 2.23. The van der Waals surface area contributed by atoms with Crippen LogP contribution >= 0.6 is 0 Å². The van der Waals surface area contributed by atoms with Gasteiger partial charge in [-0.15, -0.1) is 0 Å². The van der Waals surface area contributed by atoms with Gasteiger partial charge >= 0.3 is 5.97 Å². The molecule has 1 fully saturated rings. The van der Waals surface area contributed by atoms with Crippen LogP contribution in [0, 0.1) is 5.82 Å². The lowest BCUT2D eigenvalue weighted by Crippen LogP contribution is -2.50. The normalized spacial score (nSPS) is 23.5. The summed E-state index contributed by atoms with van der Waals surface area (Å²) >= 11 is 0. The van der Waals surface area contributed by atoms with E-state index in [1.807, 2.05) is 4.90 Å². The lowest BCUT2D eigenvalue weighted by atomic mass is 10.0. The van der Waals surface area contributed by atoms with Crippen LogP contribution in [-0.2, 0) is 11.3 Å². The third kappa shape index (κ3) is 2.85. The Morgan fingerprint density at radius 2 is 2.37 bits per heavy atom. The lowest BCUT2D eigenvalue weighted by Gasteiger charge is -2.20. The van der Waals surface area contributed by atoms with Crippen molar-refractivity contribution >= 4 is 5.97 Å². The fourth-order valence-electron chi connectivity index (χ4n) is 2.29. The highest BCUT2D eigenvalue weighted by Gasteiger charge is 2.41. The third-order valence-electron chi connectivity index (χ3n) is 3.43. The summed E-state index contributed by atoms with van der Waals surface area (Å²) in [6.45, 7) is 1.35. The number of hydrogen-bond acceptors (Lipinski definition) is 4. The van der Waals surface area contributed by atoms with Gasteiger partial charge in [0.25, 0.3) is 0 Å². The maximum absolute atomic E-state index is 13.5. The Hall–Kier alpha value is -1.66. The fraction of sp³-hybridized carbons (Fsp3) is 0.462. The number of likely N-dealkylation sites (tertiary alicyclic amines) is 1. The Balaban J connectivity index is 2.03. The van der Waals surface area contributed by atoms with Crippen LogP contribution in [0.15, 0.2) is 18.2 Å². The predicted molar refractivity (Wildman–Crippen MR) is 67.4 cm³/mol. The smallest absolute Gasteiger partial charge is 0.325 e. The maximum Gasteiger partial charge on any atom is 0.325 e. The average molecular weight is 268 g/mol. The zero-order chi connectivity index (χ0) is 14.0. The summed E-state index contributed by atoms with van der Waals surface area (Å²) in [6.07, 6.45) is 0.404. The molecule has 0 spiro atoms. The topological polar surface area (TPSA) is 75.8 Å². The number of methoxy groups -OCH3 is 1. The number of ether oxygens (including phenoxy) is 1. The number of halogens is 1. The molecule has 0 bridgehead atoms. The highest BCUT2D eigenvalue weighted by molar-refractivity contribution is 5.79. The monoisotopic (exact) mass is 268 g/mol. The van der Waals surface area contributed by atoms with Crippen molar-refractivity contribution in [2.24, 2.45) is 5.73 Å². The average Bonchev–Trinajstić information content (AvgIpc) is 2.73. The number of hydrogen-bond donors (Lipinski definition) is 2. The Labute approximate surface area is 110 Å². The molecule has 1 aromatic carbocycles. The van der Waals surface area contributed by atoms with Crippen molar-refractivity contribution in [2.45, 2.75) is 18.5 Å². The molecule has 1 aliphatic heterocycles. The van der Waals surface area contributed by atoms with Crippen molar-refractivity contribution in [1.82, 2.24) is 4.90 Å². The number of nitrogens with two attached hydrogens (primary N) is 1. The van der Waals surface area contributed by atoms with Crippen molar-refractivity contribution in [3.05, 3.63) is 29.6 Å². The van der Waals surface area contributed by atoms with Crippen LogP contribution in [0.5, 0.6) is 5.75 Å². The maximum atomic E-state index is 13.5. The van der Waals surface area contributed by atoms with Gasteiger partial charge in [0.1, 0.15) is 5.54 Å². The molecule has 1 saturated heterocycles. The number of carboxylic acids is 1. The first-order valence-corrected chi connectivity index (χ1v) is 6.02. The van der Waals surface area contributed by atoms with Gasteiger partial charge in [-0.05, 0) is 24.1 Å². The van der Waals surface area contributed by atoms with Gasteiger partial charge in [0.05, 0.1) is 7.11 Å². The molecule has 0 aliphatic carbocycles. The van der Waals surface area contributed by atoms with Crippen LogP contribution in [0.1, 0.15) is 12.0 Å². The van der Waals surface area contributed by atoms with Crippen molar-refractivity contribution in [2.75, 3.05) is 20.2 Å². The molecule has 19 heavy (non-hydrogen) atoms. The van der Waals surface area contributed by atoms with E-state index in [9.17, 15) is 9.18 Å². The molecule has 6 heteroatoms. The number of aliphatic carboxylic acids is 1. The first-order valence-electron chi connectivity index (χ1n) is 6.02. The molecule has 1 unspecified atom stereocenters. The summed E-state index contributed by atoms with van der Waals surface area (Å²) in [5.74, 6) is -1.21.